The van der Waals surface area contributed by atoms with Crippen molar-refractivity contribution in [1.82, 2.24) is 20.2 Å². The predicted octanol–water partition coefficient (Wildman–Crippen LogP) is 1.48. The Morgan fingerprint density at radius 3 is 3.06 bits per heavy atom. The van der Waals surface area contributed by atoms with Gasteiger partial charge in [0.1, 0.15) is 11.4 Å². The first kappa shape index (κ1) is 10.5. The Morgan fingerprint density at radius 2 is 2.35 bits per heavy atom. The fourth-order valence-electron chi connectivity index (χ4n) is 1.81. The van der Waals surface area contributed by atoms with E-state index in [1.807, 2.05) is 6.92 Å². The minimum atomic E-state index is 0.721. The Morgan fingerprint density at radius 1 is 1.47 bits per heavy atom. The molecule has 0 bridgehead atoms. The van der Waals surface area contributed by atoms with Crippen LogP contribution in [0.3, 0.4) is 0 Å². The Labute approximate surface area is 99.8 Å². The maximum absolute atomic E-state index is 4.69. The second-order valence-electron chi connectivity index (χ2n) is 4.64. The van der Waals surface area contributed by atoms with Crippen LogP contribution in [0.25, 0.3) is 0 Å². The molecule has 1 N–H and O–H groups in total. The zero-order valence-corrected chi connectivity index (χ0v) is 9.89. The number of rotatable bonds is 5. The molecule has 5 nitrogen and oxygen atoms in total. The number of hydrogen-bond donors (Lipinski definition) is 1. The van der Waals surface area contributed by atoms with E-state index in [2.05, 4.69) is 43.3 Å². The Bertz CT molecular complexity index is 498. The fraction of sp³-hybridized carbons (Fsp3) is 0.500. The normalized spacial score (nSPS) is 15.4. The second kappa shape index (κ2) is 4.33. The Kier molecular flexibility index (Phi) is 2.68. The van der Waals surface area contributed by atoms with Crippen molar-refractivity contribution in [3.63, 3.8) is 0 Å². The van der Waals surface area contributed by atoms with Crippen LogP contribution >= 0.6 is 0 Å². The summed E-state index contributed by atoms with van der Waals surface area (Å²) in [7, 11) is 0. The summed E-state index contributed by atoms with van der Waals surface area (Å²) in [5, 5.41) is 11.2. The van der Waals surface area contributed by atoms with Gasteiger partial charge in [-0.15, -0.1) is 0 Å². The quantitative estimate of drug-likeness (QED) is 0.848. The smallest absolute Gasteiger partial charge is 0.127 e. The minimum Gasteiger partial charge on any atom is -0.348 e. The number of aromatic nitrogens is 3. The summed E-state index contributed by atoms with van der Waals surface area (Å²) in [6.07, 6.45) is 6.86. The molecular weight excluding hydrogens is 216 g/mol. The van der Waals surface area contributed by atoms with Gasteiger partial charge in [0.2, 0.25) is 0 Å². The van der Waals surface area contributed by atoms with E-state index in [-0.39, 0.29) is 0 Å². The SMILES string of the molecule is Cc1nonc1Cn1ccc(CNC2CC2)c1. The first-order chi connectivity index (χ1) is 8.31. The monoisotopic (exact) mass is 232 g/mol. The predicted molar refractivity (Wildman–Crippen MR) is 62.4 cm³/mol. The third kappa shape index (κ3) is 2.55. The molecule has 1 saturated carbocycles. The summed E-state index contributed by atoms with van der Waals surface area (Å²) < 4.78 is 6.79. The van der Waals surface area contributed by atoms with Crippen molar-refractivity contribution in [1.29, 1.82) is 0 Å². The lowest BCUT2D eigenvalue weighted by atomic mass is 10.3. The molecule has 1 aliphatic rings. The van der Waals surface area contributed by atoms with Gasteiger partial charge in [0, 0.05) is 25.0 Å². The van der Waals surface area contributed by atoms with Crippen LogP contribution in [-0.4, -0.2) is 20.9 Å². The first-order valence-electron chi connectivity index (χ1n) is 5.97. The van der Waals surface area contributed by atoms with Crippen molar-refractivity contribution in [2.24, 2.45) is 0 Å². The van der Waals surface area contributed by atoms with Crippen molar-refractivity contribution >= 4 is 0 Å². The van der Waals surface area contributed by atoms with Gasteiger partial charge in [-0.05, 0) is 31.4 Å². The maximum Gasteiger partial charge on any atom is 0.127 e. The highest BCUT2D eigenvalue weighted by atomic mass is 16.6. The third-order valence-electron chi connectivity index (χ3n) is 3.06. The molecule has 0 radical (unpaired) electrons. The highest BCUT2D eigenvalue weighted by molar-refractivity contribution is 5.13. The van der Waals surface area contributed by atoms with Crippen LogP contribution in [0.2, 0.25) is 0 Å². The Balaban J connectivity index is 1.61. The first-order valence-corrected chi connectivity index (χ1v) is 5.97. The van der Waals surface area contributed by atoms with E-state index >= 15 is 0 Å². The molecule has 90 valence electrons. The lowest BCUT2D eigenvalue weighted by Gasteiger charge is -2.00. The van der Waals surface area contributed by atoms with E-state index in [1.54, 1.807) is 0 Å². The van der Waals surface area contributed by atoms with Gasteiger partial charge < -0.3 is 9.88 Å². The maximum atomic E-state index is 4.69. The summed E-state index contributed by atoms with van der Waals surface area (Å²) in [5.41, 5.74) is 3.06. The average molecular weight is 232 g/mol. The van der Waals surface area contributed by atoms with Gasteiger partial charge in [-0.25, -0.2) is 4.63 Å². The second-order valence-corrected chi connectivity index (χ2v) is 4.64. The van der Waals surface area contributed by atoms with Gasteiger partial charge in [-0.1, -0.05) is 10.3 Å². The van der Waals surface area contributed by atoms with E-state index in [9.17, 15) is 0 Å². The minimum absolute atomic E-state index is 0.721. The fourth-order valence-corrected chi connectivity index (χ4v) is 1.81. The molecule has 17 heavy (non-hydrogen) atoms. The van der Waals surface area contributed by atoms with Crippen molar-refractivity contribution < 1.29 is 4.63 Å². The van der Waals surface area contributed by atoms with Gasteiger partial charge >= 0.3 is 0 Å². The van der Waals surface area contributed by atoms with Crippen LogP contribution < -0.4 is 5.32 Å². The van der Waals surface area contributed by atoms with Crippen molar-refractivity contribution in [3.8, 4) is 0 Å². The van der Waals surface area contributed by atoms with Crippen molar-refractivity contribution in [2.45, 2.75) is 38.9 Å². The van der Waals surface area contributed by atoms with Crippen LogP contribution in [0, 0.1) is 6.92 Å². The number of hydrogen-bond acceptors (Lipinski definition) is 4. The van der Waals surface area contributed by atoms with E-state index < -0.39 is 0 Å². The van der Waals surface area contributed by atoms with Crippen LogP contribution in [0.1, 0.15) is 29.8 Å². The molecule has 0 spiro atoms. The standard InChI is InChI=1S/C12H16N4O/c1-9-12(15-17-14-9)8-16-5-4-10(7-16)6-13-11-2-3-11/h4-5,7,11,13H,2-3,6,8H2,1H3. The topological polar surface area (TPSA) is 55.9 Å². The van der Waals surface area contributed by atoms with Crippen molar-refractivity contribution in [3.05, 3.63) is 35.4 Å². The summed E-state index contributed by atoms with van der Waals surface area (Å²) in [4.78, 5) is 0. The molecule has 0 aromatic carbocycles. The molecule has 0 unspecified atom stereocenters. The van der Waals surface area contributed by atoms with Gasteiger partial charge in [0.15, 0.2) is 0 Å². The molecule has 0 saturated heterocycles. The summed E-state index contributed by atoms with van der Waals surface area (Å²) in [6, 6.07) is 2.89. The highest BCUT2D eigenvalue weighted by Crippen LogP contribution is 2.19. The molecule has 2 aromatic rings. The largest absolute Gasteiger partial charge is 0.348 e. The lowest BCUT2D eigenvalue weighted by molar-refractivity contribution is 0.300. The zero-order chi connectivity index (χ0) is 11.7. The molecule has 3 rings (SSSR count). The van der Waals surface area contributed by atoms with Crippen LogP contribution in [-0.2, 0) is 13.1 Å². The molecule has 2 heterocycles. The molecule has 1 fully saturated rings. The van der Waals surface area contributed by atoms with Gasteiger partial charge in [0.05, 0.1) is 6.54 Å². The summed E-state index contributed by atoms with van der Waals surface area (Å²) in [5.74, 6) is 0. The van der Waals surface area contributed by atoms with E-state index in [0.29, 0.717) is 0 Å². The molecule has 5 heteroatoms. The van der Waals surface area contributed by atoms with E-state index in [1.165, 1.54) is 18.4 Å². The van der Waals surface area contributed by atoms with Crippen LogP contribution in [0.15, 0.2) is 23.1 Å². The van der Waals surface area contributed by atoms with Crippen LogP contribution in [0.5, 0.6) is 0 Å². The van der Waals surface area contributed by atoms with E-state index in [0.717, 1.165) is 30.5 Å². The molecule has 0 atom stereocenters. The Hall–Kier alpha value is -1.62. The van der Waals surface area contributed by atoms with Gasteiger partial charge in [-0.3, -0.25) is 0 Å². The zero-order valence-electron chi connectivity index (χ0n) is 9.89. The number of nitrogens with zero attached hydrogens (tertiary/aromatic N) is 3. The number of nitrogens with one attached hydrogen (secondary N) is 1. The molecule has 0 amide bonds. The van der Waals surface area contributed by atoms with Crippen LogP contribution in [0.4, 0.5) is 0 Å². The van der Waals surface area contributed by atoms with E-state index in [4.69, 9.17) is 0 Å². The molecule has 2 aromatic heterocycles. The summed E-state index contributed by atoms with van der Waals surface area (Å²) in [6.45, 7) is 3.58. The average Bonchev–Trinajstić information content (AvgIpc) is 2.92. The molecular formula is C12H16N4O. The number of aryl methyl sites for hydroxylation is 1. The highest BCUT2D eigenvalue weighted by Gasteiger charge is 2.20. The van der Waals surface area contributed by atoms with Crippen molar-refractivity contribution in [2.75, 3.05) is 0 Å². The lowest BCUT2D eigenvalue weighted by Crippen LogP contribution is -2.14. The third-order valence-corrected chi connectivity index (χ3v) is 3.06. The van der Waals surface area contributed by atoms with Gasteiger partial charge in [-0.2, -0.15) is 0 Å². The van der Waals surface area contributed by atoms with Gasteiger partial charge in [0.25, 0.3) is 0 Å². The summed E-state index contributed by atoms with van der Waals surface area (Å²) >= 11 is 0. The molecule has 0 aliphatic heterocycles. The molecule has 1 aliphatic carbocycles.